The van der Waals surface area contributed by atoms with Gasteiger partial charge in [0.15, 0.2) is 0 Å². The van der Waals surface area contributed by atoms with Crippen LogP contribution in [0.1, 0.15) is 57.2 Å². The maximum absolute atomic E-state index is 6.15. The number of rotatable bonds is 2. The van der Waals surface area contributed by atoms with Gasteiger partial charge in [-0.05, 0) is 41.0 Å². The van der Waals surface area contributed by atoms with Gasteiger partial charge in [0.1, 0.15) is 5.82 Å². The molecule has 2 heteroatoms. The third-order valence-corrected chi connectivity index (χ3v) is 3.92. The van der Waals surface area contributed by atoms with Gasteiger partial charge in [0, 0.05) is 5.56 Å². The van der Waals surface area contributed by atoms with Crippen LogP contribution >= 0.6 is 0 Å². The van der Waals surface area contributed by atoms with E-state index in [0.29, 0.717) is 11.7 Å². The second-order valence-electron chi connectivity index (χ2n) is 7.11. The minimum atomic E-state index is 0.169. The zero-order valence-corrected chi connectivity index (χ0v) is 14.0. The van der Waals surface area contributed by atoms with E-state index < -0.39 is 0 Å². The Bertz CT molecular complexity index is 609. The van der Waals surface area contributed by atoms with E-state index >= 15 is 0 Å². The molecule has 1 aromatic heterocycles. The highest BCUT2D eigenvalue weighted by Crippen LogP contribution is 2.30. The summed E-state index contributed by atoms with van der Waals surface area (Å²) in [6, 6.07) is 10.8. The zero-order chi connectivity index (χ0) is 15.8. The quantitative estimate of drug-likeness (QED) is 0.836. The third kappa shape index (κ3) is 3.26. The van der Waals surface area contributed by atoms with E-state index in [1.807, 2.05) is 0 Å². The lowest BCUT2D eigenvalue weighted by molar-refractivity contribution is 0.590. The fraction of sp³-hybridized carbons (Fsp3) is 0.421. The van der Waals surface area contributed by atoms with Gasteiger partial charge >= 0.3 is 0 Å². The Morgan fingerprint density at radius 1 is 1.05 bits per heavy atom. The van der Waals surface area contributed by atoms with Crippen LogP contribution in [0.5, 0.6) is 0 Å². The van der Waals surface area contributed by atoms with Crippen molar-refractivity contribution in [1.82, 2.24) is 4.98 Å². The largest absolute Gasteiger partial charge is 0.383 e. The lowest BCUT2D eigenvalue weighted by Crippen LogP contribution is -2.10. The predicted molar refractivity (Wildman–Crippen MR) is 91.6 cm³/mol. The van der Waals surface area contributed by atoms with Crippen molar-refractivity contribution in [1.29, 1.82) is 0 Å². The molecule has 2 rings (SSSR count). The highest BCUT2D eigenvalue weighted by Gasteiger charge is 2.15. The lowest BCUT2D eigenvalue weighted by atomic mass is 9.86. The number of aryl methyl sites for hydroxylation is 1. The van der Waals surface area contributed by atoms with Crippen molar-refractivity contribution in [2.75, 3.05) is 5.73 Å². The second kappa shape index (κ2) is 5.51. The molecule has 0 amide bonds. The molecule has 0 spiro atoms. The van der Waals surface area contributed by atoms with Gasteiger partial charge in [0.2, 0.25) is 0 Å². The van der Waals surface area contributed by atoms with E-state index in [9.17, 15) is 0 Å². The van der Waals surface area contributed by atoms with Crippen molar-refractivity contribution >= 4 is 5.82 Å². The average Bonchev–Trinajstić information content (AvgIpc) is 2.36. The van der Waals surface area contributed by atoms with E-state index in [0.717, 1.165) is 16.8 Å². The molecule has 0 saturated heterocycles. The zero-order valence-electron chi connectivity index (χ0n) is 14.0. The fourth-order valence-electron chi connectivity index (χ4n) is 2.75. The van der Waals surface area contributed by atoms with E-state index in [1.165, 1.54) is 11.1 Å². The summed E-state index contributed by atoms with van der Waals surface area (Å²) in [7, 11) is 0. The van der Waals surface area contributed by atoms with E-state index in [2.05, 4.69) is 76.9 Å². The normalized spacial score (nSPS) is 12.0. The number of pyridine rings is 1. The van der Waals surface area contributed by atoms with Crippen LogP contribution < -0.4 is 5.73 Å². The first-order chi connectivity index (χ1) is 9.70. The summed E-state index contributed by atoms with van der Waals surface area (Å²) in [5.74, 6) is 1.05. The van der Waals surface area contributed by atoms with Crippen molar-refractivity contribution in [2.24, 2.45) is 0 Å². The van der Waals surface area contributed by atoms with Crippen molar-refractivity contribution in [3.63, 3.8) is 0 Å². The molecule has 0 unspecified atom stereocenters. The van der Waals surface area contributed by atoms with Crippen molar-refractivity contribution in [3.05, 3.63) is 47.0 Å². The molecule has 1 heterocycles. The maximum atomic E-state index is 6.15. The molecule has 0 radical (unpaired) electrons. The molecule has 0 bridgehead atoms. The number of hydrogen-bond acceptors (Lipinski definition) is 2. The van der Waals surface area contributed by atoms with Crippen molar-refractivity contribution in [3.8, 4) is 11.3 Å². The first kappa shape index (κ1) is 15.6. The van der Waals surface area contributed by atoms with Crippen LogP contribution in [-0.2, 0) is 5.41 Å². The summed E-state index contributed by atoms with van der Waals surface area (Å²) in [6.07, 6.45) is 0. The topological polar surface area (TPSA) is 38.9 Å². The Labute approximate surface area is 128 Å². The minimum Gasteiger partial charge on any atom is -0.383 e. The van der Waals surface area contributed by atoms with E-state index in [-0.39, 0.29) is 5.41 Å². The second-order valence-corrected chi connectivity index (χ2v) is 7.11. The summed E-state index contributed by atoms with van der Waals surface area (Å²) < 4.78 is 0. The molecule has 0 atom stereocenters. The highest BCUT2D eigenvalue weighted by molar-refractivity contribution is 5.64. The van der Waals surface area contributed by atoms with Crippen LogP contribution in [0, 0.1) is 6.92 Å². The van der Waals surface area contributed by atoms with Gasteiger partial charge in [-0.3, -0.25) is 0 Å². The molecule has 0 aliphatic carbocycles. The van der Waals surface area contributed by atoms with Crippen molar-refractivity contribution in [2.45, 2.75) is 52.9 Å². The van der Waals surface area contributed by atoms with Gasteiger partial charge in [-0.15, -0.1) is 0 Å². The summed E-state index contributed by atoms with van der Waals surface area (Å²) >= 11 is 0. The Kier molecular flexibility index (Phi) is 4.08. The molecule has 112 valence electrons. The maximum Gasteiger partial charge on any atom is 0.127 e. The van der Waals surface area contributed by atoms with E-state index in [4.69, 9.17) is 5.73 Å². The average molecular weight is 282 g/mol. The molecule has 0 saturated carbocycles. The van der Waals surface area contributed by atoms with Crippen LogP contribution in [0.3, 0.4) is 0 Å². The minimum absolute atomic E-state index is 0.169. The Morgan fingerprint density at radius 3 is 2.05 bits per heavy atom. The van der Waals surface area contributed by atoms with Crippen LogP contribution in [0.4, 0.5) is 5.82 Å². The molecule has 2 N–H and O–H groups in total. The molecule has 2 aromatic rings. The summed E-state index contributed by atoms with van der Waals surface area (Å²) in [5.41, 5.74) is 12.1. The highest BCUT2D eigenvalue weighted by atomic mass is 14.8. The number of benzene rings is 1. The molecule has 2 nitrogen and oxygen atoms in total. The first-order valence-corrected chi connectivity index (χ1v) is 7.58. The summed E-state index contributed by atoms with van der Waals surface area (Å²) in [5, 5.41) is 0. The number of anilines is 1. The lowest BCUT2D eigenvalue weighted by Gasteiger charge is -2.19. The van der Waals surface area contributed by atoms with Crippen LogP contribution in [0.2, 0.25) is 0 Å². The SMILES string of the molecule is Cc1cc(-c2ccc(C(C)(C)C)cc2)nc(N)c1C(C)C. The number of nitrogens with zero attached hydrogens (tertiary/aromatic N) is 1. The number of hydrogen-bond donors (Lipinski definition) is 1. The monoisotopic (exact) mass is 282 g/mol. The molecule has 0 aliphatic rings. The number of nitrogen functional groups attached to an aromatic ring is 1. The summed E-state index contributed by atoms with van der Waals surface area (Å²) in [4.78, 5) is 4.60. The Morgan fingerprint density at radius 2 is 1.62 bits per heavy atom. The first-order valence-electron chi connectivity index (χ1n) is 7.58. The number of nitrogens with two attached hydrogens (primary N) is 1. The fourth-order valence-corrected chi connectivity index (χ4v) is 2.75. The van der Waals surface area contributed by atoms with Gasteiger partial charge in [-0.25, -0.2) is 4.98 Å². The van der Waals surface area contributed by atoms with Crippen LogP contribution in [0.15, 0.2) is 30.3 Å². The Balaban J connectivity index is 2.44. The van der Waals surface area contributed by atoms with E-state index in [1.54, 1.807) is 0 Å². The van der Waals surface area contributed by atoms with Gasteiger partial charge in [-0.1, -0.05) is 58.9 Å². The molecular formula is C19H26N2. The summed E-state index contributed by atoms with van der Waals surface area (Å²) in [6.45, 7) is 13.1. The molecule has 1 aromatic carbocycles. The van der Waals surface area contributed by atoms with Gasteiger partial charge < -0.3 is 5.73 Å². The smallest absolute Gasteiger partial charge is 0.127 e. The molecule has 0 fully saturated rings. The predicted octanol–water partition coefficient (Wildman–Crippen LogP) is 5.06. The molecule has 0 aliphatic heterocycles. The van der Waals surface area contributed by atoms with Gasteiger partial charge in [-0.2, -0.15) is 0 Å². The van der Waals surface area contributed by atoms with Crippen LogP contribution in [-0.4, -0.2) is 4.98 Å². The number of aromatic nitrogens is 1. The standard InChI is InChI=1S/C19H26N2/c1-12(2)17-13(3)11-16(21-18(17)20)14-7-9-15(10-8-14)19(4,5)6/h7-12H,1-6H3,(H2,20,21). The third-order valence-electron chi connectivity index (χ3n) is 3.92. The van der Waals surface area contributed by atoms with Crippen molar-refractivity contribution < 1.29 is 0 Å². The van der Waals surface area contributed by atoms with Crippen LogP contribution in [0.25, 0.3) is 11.3 Å². The van der Waals surface area contributed by atoms with Gasteiger partial charge in [0.05, 0.1) is 5.69 Å². The molecular weight excluding hydrogens is 256 g/mol. The molecule has 21 heavy (non-hydrogen) atoms. The van der Waals surface area contributed by atoms with Gasteiger partial charge in [0.25, 0.3) is 0 Å². The Hall–Kier alpha value is -1.83.